The quantitative estimate of drug-likeness (QED) is 0.690. The predicted molar refractivity (Wildman–Crippen MR) is 46.3 cm³/mol. The van der Waals surface area contributed by atoms with Crippen molar-refractivity contribution in [2.45, 2.75) is 6.61 Å². The van der Waals surface area contributed by atoms with Gasteiger partial charge in [-0.05, 0) is 0 Å². The fourth-order valence-electron chi connectivity index (χ4n) is 1.03. The van der Waals surface area contributed by atoms with Gasteiger partial charge >= 0.3 is 0 Å². The number of methoxy groups -OCH3 is 2. The van der Waals surface area contributed by atoms with Crippen LogP contribution in [-0.4, -0.2) is 19.2 Å². The molecular weight excluding hydrogens is 172 g/mol. The number of nitrogens with two attached hydrogens (primary N) is 1. The molecular formula is C8H12N2O3. The van der Waals surface area contributed by atoms with Crippen molar-refractivity contribution < 1.29 is 14.3 Å². The van der Waals surface area contributed by atoms with E-state index in [-0.39, 0.29) is 6.61 Å². The summed E-state index contributed by atoms with van der Waals surface area (Å²) in [7, 11) is 3.10. The van der Waals surface area contributed by atoms with Gasteiger partial charge in [0.2, 0.25) is 0 Å². The first kappa shape index (κ1) is 9.76. The minimum Gasteiger partial charge on any atom is -0.495 e. The molecule has 0 bridgehead atoms. The molecule has 0 radical (unpaired) electrons. The molecule has 2 N–H and O–H groups in total. The Hall–Kier alpha value is -1.33. The third kappa shape index (κ3) is 2.07. The van der Waals surface area contributed by atoms with Gasteiger partial charge in [0.1, 0.15) is 18.1 Å². The van der Waals surface area contributed by atoms with Gasteiger partial charge in [0, 0.05) is 0 Å². The average molecular weight is 184 g/mol. The minimum absolute atomic E-state index is 0.231. The number of rotatable bonds is 4. The smallest absolute Gasteiger partial charge is 0.146 e. The number of nitrogens with zero attached hydrogens (tertiary/aromatic N) is 1. The maximum Gasteiger partial charge on any atom is 0.146 e. The van der Waals surface area contributed by atoms with Crippen LogP contribution in [0.4, 0.5) is 0 Å². The molecule has 72 valence electrons. The predicted octanol–water partition coefficient (Wildman–Crippen LogP) is 0.489. The summed E-state index contributed by atoms with van der Waals surface area (Å²) in [6, 6.07) is 0. The lowest BCUT2D eigenvalue weighted by Gasteiger charge is -2.10. The van der Waals surface area contributed by atoms with Crippen molar-refractivity contribution in [2.75, 3.05) is 14.2 Å². The molecule has 0 aromatic carbocycles. The Morgan fingerprint density at radius 1 is 1.23 bits per heavy atom. The monoisotopic (exact) mass is 184 g/mol. The van der Waals surface area contributed by atoms with Gasteiger partial charge in [0.15, 0.2) is 0 Å². The van der Waals surface area contributed by atoms with Crippen LogP contribution in [0.25, 0.3) is 0 Å². The summed E-state index contributed by atoms with van der Waals surface area (Å²) in [6.45, 7) is 0.231. The van der Waals surface area contributed by atoms with Crippen LogP contribution in [-0.2, 0) is 11.4 Å². The fourth-order valence-corrected chi connectivity index (χ4v) is 1.03. The third-order valence-corrected chi connectivity index (χ3v) is 1.65. The molecule has 0 amide bonds. The van der Waals surface area contributed by atoms with Crippen LogP contribution in [0.5, 0.6) is 11.5 Å². The number of pyridine rings is 1. The van der Waals surface area contributed by atoms with Crippen molar-refractivity contribution in [3.63, 3.8) is 0 Å². The lowest BCUT2D eigenvalue weighted by atomic mass is 10.2. The first-order valence-corrected chi connectivity index (χ1v) is 3.70. The summed E-state index contributed by atoms with van der Waals surface area (Å²) in [5.74, 6) is 6.18. The molecule has 13 heavy (non-hydrogen) atoms. The maximum atomic E-state index is 5.06. The molecule has 0 aliphatic carbocycles. The highest BCUT2D eigenvalue weighted by Crippen LogP contribution is 2.26. The Morgan fingerprint density at radius 2 is 1.77 bits per heavy atom. The number of hydrogen-bond acceptors (Lipinski definition) is 5. The van der Waals surface area contributed by atoms with E-state index in [2.05, 4.69) is 9.82 Å². The zero-order valence-electron chi connectivity index (χ0n) is 7.61. The molecule has 0 fully saturated rings. The Morgan fingerprint density at radius 3 is 2.15 bits per heavy atom. The van der Waals surface area contributed by atoms with Crippen LogP contribution < -0.4 is 15.4 Å². The van der Waals surface area contributed by atoms with Crippen LogP contribution in [0.15, 0.2) is 12.4 Å². The fraction of sp³-hybridized carbons (Fsp3) is 0.375. The lowest BCUT2D eigenvalue weighted by Crippen LogP contribution is -2.03. The SMILES string of the molecule is COc1cncc(OC)c1CON. The molecule has 0 unspecified atom stereocenters. The second kappa shape index (κ2) is 4.64. The standard InChI is InChI=1S/C8H12N2O3/c1-11-7-3-10-4-8(12-2)6(7)5-13-9/h3-4H,5,9H2,1-2H3. The van der Waals surface area contributed by atoms with Crippen LogP contribution in [0.2, 0.25) is 0 Å². The van der Waals surface area contributed by atoms with Gasteiger partial charge in [-0.1, -0.05) is 0 Å². The van der Waals surface area contributed by atoms with Crippen molar-refractivity contribution in [1.29, 1.82) is 0 Å². The summed E-state index contributed by atoms with van der Waals surface area (Å²) >= 11 is 0. The molecule has 1 rings (SSSR count). The van der Waals surface area contributed by atoms with Crippen molar-refractivity contribution in [2.24, 2.45) is 5.90 Å². The highest BCUT2D eigenvalue weighted by Gasteiger charge is 2.09. The maximum absolute atomic E-state index is 5.06. The normalized spacial score (nSPS) is 9.77. The molecule has 5 heteroatoms. The molecule has 1 aromatic heterocycles. The summed E-state index contributed by atoms with van der Waals surface area (Å²) < 4.78 is 10.1. The van der Waals surface area contributed by atoms with Crippen LogP contribution in [0.1, 0.15) is 5.56 Å². The molecule has 0 aliphatic rings. The van der Waals surface area contributed by atoms with Crippen LogP contribution in [0, 0.1) is 0 Å². The van der Waals surface area contributed by atoms with E-state index < -0.39 is 0 Å². The Balaban J connectivity index is 3.05. The Labute approximate surface area is 76.4 Å². The van der Waals surface area contributed by atoms with Crippen LogP contribution in [0.3, 0.4) is 0 Å². The summed E-state index contributed by atoms with van der Waals surface area (Å²) in [6.07, 6.45) is 3.16. The minimum atomic E-state index is 0.231. The Kier molecular flexibility index (Phi) is 3.48. The molecule has 5 nitrogen and oxygen atoms in total. The third-order valence-electron chi connectivity index (χ3n) is 1.65. The van der Waals surface area contributed by atoms with E-state index in [1.807, 2.05) is 0 Å². The van der Waals surface area contributed by atoms with Gasteiger partial charge < -0.3 is 9.47 Å². The first-order valence-electron chi connectivity index (χ1n) is 3.70. The van der Waals surface area contributed by atoms with Crippen molar-refractivity contribution in [1.82, 2.24) is 4.98 Å². The van der Waals surface area contributed by atoms with Gasteiger partial charge in [-0.25, -0.2) is 5.90 Å². The lowest BCUT2D eigenvalue weighted by molar-refractivity contribution is 0.119. The van der Waals surface area contributed by atoms with E-state index in [4.69, 9.17) is 15.4 Å². The Bertz CT molecular complexity index is 256. The van der Waals surface area contributed by atoms with Gasteiger partial charge in [-0.3, -0.25) is 9.82 Å². The van der Waals surface area contributed by atoms with Crippen molar-refractivity contribution >= 4 is 0 Å². The molecule has 1 heterocycles. The number of ether oxygens (including phenoxy) is 2. The topological polar surface area (TPSA) is 66.6 Å². The van der Waals surface area contributed by atoms with Crippen molar-refractivity contribution in [3.8, 4) is 11.5 Å². The number of aromatic nitrogens is 1. The molecule has 0 saturated carbocycles. The zero-order chi connectivity index (χ0) is 9.68. The van der Waals surface area contributed by atoms with Crippen LogP contribution >= 0.6 is 0 Å². The molecule has 0 saturated heterocycles. The summed E-state index contributed by atoms with van der Waals surface area (Å²) in [4.78, 5) is 8.45. The zero-order valence-corrected chi connectivity index (χ0v) is 7.61. The second-order valence-electron chi connectivity index (χ2n) is 2.33. The highest BCUT2D eigenvalue weighted by molar-refractivity contribution is 5.41. The average Bonchev–Trinajstić information content (AvgIpc) is 2.18. The number of hydrogen-bond donors (Lipinski definition) is 1. The molecule has 0 aliphatic heterocycles. The second-order valence-corrected chi connectivity index (χ2v) is 2.33. The molecule has 1 aromatic rings. The summed E-state index contributed by atoms with van der Waals surface area (Å²) in [5.41, 5.74) is 0.752. The van der Waals surface area contributed by atoms with E-state index in [0.717, 1.165) is 5.56 Å². The first-order chi connectivity index (χ1) is 6.33. The highest BCUT2D eigenvalue weighted by atomic mass is 16.6. The van der Waals surface area contributed by atoms with E-state index in [1.54, 1.807) is 26.6 Å². The van der Waals surface area contributed by atoms with E-state index >= 15 is 0 Å². The largest absolute Gasteiger partial charge is 0.495 e. The molecule has 0 atom stereocenters. The van der Waals surface area contributed by atoms with Gasteiger partial charge in [-0.15, -0.1) is 0 Å². The van der Waals surface area contributed by atoms with Crippen molar-refractivity contribution in [3.05, 3.63) is 18.0 Å². The van der Waals surface area contributed by atoms with Gasteiger partial charge in [-0.2, -0.15) is 0 Å². The van der Waals surface area contributed by atoms with Gasteiger partial charge in [0.25, 0.3) is 0 Å². The van der Waals surface area contributed by atoms with E-state index in [9.17, 15) is 0 Å². The van der Waals surface area contributed by atoms with E-state index in [0.29, 0.717) is 11.5 Å². The molecule has 0 spiro atoms. The van der Waals surface area contributed by atoms with E-state index in [1.165, 1.54) is 0 Å². The summed E-state index contributed by atoms with van der Waals surface area (Å²) in [5, 5.41) is 0. The van der Waals surface area contributed by atoms with Gasteiger partial charge in [0.05, 0.1) is 32.2 Å².